The van der Waals surface area contributed by atoms with Gasteiger partial charge in [0, 0.05) is 6.07 Å². The molecule has 3 nitrogen and oxygen atoms in total. The first-order chi connectivity index (χ1) is 7.20. The number of nitrogens with zero attached hydrogens (tertiary/aromatic N) is 1. The van der Waals surface area contributed by atoms with Crippen molar-refractivity contribution < 1.29 is 31.8 Å². The zero-order chi connectivity index (χ0) is 12.5. The van der Waals surface area contributed by atoms with Crippen molar-refractivity contribution in [1.29, 1.82) is 0 Å². The van der Waals surface area contributed by atoms with Crippen molar-refractivity contribution in [1.82, 2.24) is 4.98 Å². The van der Waals surface area contributed by atoms with Gasteiger partial charge in [-0.25, -0.2) is 13.8 Å². The first-order valence-corrected chi connectivity index (χ1v) is 4.43. The molecule has 0 unspecified atom stereocenters. The summed E-state index contributed by atoms with van der Waals surface area (Å²) in [5.41, 5.74) is -1.03. The fourth-order valence-electron chi connectivity index (χ4n) is 0.833. The van der Waals surface area contributed by atoms with Gasteiger partial charge in [0.05, 0.1) is 0 Å². The van der Waals surface area contributed by atoms with Crippen molar-refractivity contribution >= 4 is 15.9 Å². The van der Waals surface area contributed by atoms with Crippen LogP contribution in [0.3, 0.4) is 0 Å². The van der Waals surface area contributed by atoms with E-state index in [2.05, 4.69) is 25.7 Å². The zero-order valence-electron chi connectivity index (χ0n) is 7.23. The van der Waals surface area contributed by atoms with E-state index in [-0.39, 0.29) is 0 Å². The minimum atomic E-state index is -5.00. The minimum absolute atomic E-state index is 0.409. The third kappa shape index (κ3) is 3.19. The van der Waals surface area contributed by atoms with E-state index in [9.17, 15) is 22.0 Å². The molecule has 1 aromatic heterocycles. The lowest BCUT2D eigenvalue weighted by molar-refractivity contribution is -0.275. The molecule has 0 bridgehead atoms. The summed E-state index contributed by atoms with van der Waals surface area (Å²) in [5, 5.41) is 8.97. The number of ether oxygens (including phenoxy) is 1. The molecule has 0 amide bonds. The molecule has 1 N–H and O–H groups in total. The van der Waals surface area contributed by atoms with Gasteiger partial charge in [0.15, 0.2) is 5.75 Å². The molecule has 1 aromatic rings. The molecule has 0 atom stereocenters. The van der Waals surface area contributed by atoms with E-state index >= 15 is 0 Å². The fourth-order valence-corrected chi connectivity index (χ4v) is 1.22. The Morgan fingerprint density at radius 3 is 2.38 bits per heavy atom. The Bertz CT molecular complexity index is 395. The first-order valence-electron chi connectivity index (χ1n) is 3.64. The summed E-state index contributed by atoms with van der Waals surface area (Å²) in [6.07, 6.45) is -8.10. The Morgan fingerprint density at radius 2 is 1.94 bits per heavy atom. The maximum atomic E-state index is 12.2. The van der Waals surface area contributed by atoms with Gasteiger partial charge in [-0.3, -0.25) is 0 Å². The lowest BCUT2D eigenvalue weighted by Gasteiger charge is -2.11. The molecular weight excluding hydrogens is 305 g/mol. The van der Waals surface area contributed by atoms with Crippen molar-refractivity contribution in [3.05, 3.63) is 16.4 Å². The van der Waals surface area contributed by atoms with E-state index in [0.29, 0.717) is 6.07 Å². The van der Waals surface area contributed by atoms with Gasteiger partial charge in [-0.05, 0) is 15.9 Å². The first kappa shape index (κ1) is 12.9. The Kier molecular flexibility index (Phi) is 3.56. The Morgan fingerprint density at radius 1 is 1.38 bits per heavy atom. The summed E-state index contributed by atoms with van der Waals surface area (Å²) in [6.45, 7) is 0. The molecular formula is C7H3BrF5NO2. The maximum Gasteiger partial charge on any atom is 0.573 e. The smallest absolute Gasteiger partial charge is 0.506 e. The highest BCUT2D eigenvalue weighted by atomic mass is 79.9. The van der Waals surface area contributed by atoms with Crippen LogP contribution in [0.1, 0.15) is 12.1 Å². The number of halogens is 6. The molecule has 9 heteroatoms. The topological polar surface area (TPSA) is 42.4 Å². The summed E-state index contributed by atoms with van der Waals surface area (Å²) < 4.78 is 62.6. The number of hydrogen-bond donors (Lipinski definition) is 1. The van der Waals surface area contributed by atoms with Gasteiger partial charge in [-0.1, -0.05) is 0 Å². The molecule has 0 aliphatic heterocycles. The minimum Gasteiger partial charge on any atom is -0.506 e. The third-order valence-electron chi connectivity index (χ3n) is 1.38. The highest BCUT2D eigenvalue weighted by Crippen LogP contribution is 2.36. The van der Waals surface area contributed by atoms with Crippen LogP contribution in [0.15, 0.2) is 10.7 Å². The van der Waals surface area contributed by atoms with Gasteiger partial charge in [0.25, 0.3) is 6.43 Å². The second kappa shape index (κ2) is 4.40. The van der Waals surface area contributed by atoms with Gasteiger partial charge in [0.1, 0.15) is 16.0 Å². The van der Waals surface area contributed by atoms with Crippen LogP contribution in [-0.4, -0.2) is 16.5 Å². The molecule has 16 heavy (non-hydrogen) atoms. The van der Waals surface area contributed by atoms with Crippen molar-refractivity contribution in [2.24, 2.45) is 0 Å². The van der Waals surface area contributed by atoms with E-state index in [1.54, 1.807) is 0 Å². The third-order valence-corrected chi connectivity index (χ3v) is 1.95. The second-order valence-corrected chi connectivity index (χ2v) is 3.28. The average molecular weight is 308 g/mol. The van der Waals surface area contributed by atoms with Crippen molar-refractivity contribution in [2.45, 2.75) is 12.8 Å². The number of rotatable bonds is 2. The SMILES string of the molecule is Oc1cc(OC(F)(F)F)c(Br)nc1C(F)F. The molecule has 0 fully saturated rings. The molecule has 0 saturated carbocycles. The van der Waals surface area contributed by atoms with Crippen LogP contribution >= 0.6 is 15.9 Å². The summed E-state index contributed by atoms with van der Waals surface area (Å²) >= 11 is 2.52. The van der Waals surface area contributed by atoms with E-state index in [1.807, 2.05) is 0 Å². The molecule has 1 heterocycles. The zero-order valence-corrected chi connectivity index (χ0v) is 8.81. The molecule has 0 saturated heterocycles. The molecule has 0 aliphatic rings. The number of alkyl halides is 5. The van der Waals surface area contributed by atoms with Crippen LogP contribution in [0.25, 0.3) is 0 Å². The van der Waals surface area contributed by atoms with Gasteiger partial charge in [0.2, 0.25) is 0 Å². The van der Waals surface area contributed by atoms with Crippen molar-refractivity contribution in [3.8, 4) is 11.5 Å². The molecule has 0 aromatic carbocycles. The highest BCUT2D eigenvalue weighted by molar-refractivity contribution is 9.10. The van der Waals surface area contributed by atoms with Gasteiger partial charge in [-0.2, -0.15) is 0 Å². The maximum absolute atomic E-state index is 12.2. The molecule has 0 radical (unpaired) electrons. The summed E-state index contributed by atoms with van der Waals surface area (Å²) in [5.74, 6) is -1.97. The summed E-state index contributed by atoms with van der Waals surface area (Å²) in [4.78, 5) is 3.05. The lowest BCUT2D eigenvalue weighted by Crippen LogP contribution is -2.17. The van der Waals surface area contributed by atoms with Crippen LogP contribution in [0.4, 0.5) is 22.0 Å². The van der Waals surface area contributed by atoms with E-state index in [0.717, 1.165) is 0 Å². The van der Waals surface area contributed by atoms with Crippen molar-refractivity contribution in [2.75, 3.05) is 0 Å². The largest absolute Gasteiger partial charge is 0.573 e. The van der Waals surface area contributed by atoms with E-state index in [4.69, 9.17) is 5.11 Å². The van der Waals surface area contributed by atoms with Gasteiger partial charge >= 0.3 is 6.36 Å². The second-order valence-electron chi connectivity index (χ2n) is 2.53. The number of aromatic hydroxyl groups is 1. The fraction of sp³-hybridized carbons (Fsp3) is 0.286. The van der Waals surface area contributed by atoms with Crippen molar-refractivity contribution in [3.63, 3.8) is 0 Å². The lowest BCUT2D eigenvalue weighted by atomic mass is 10.3. The number of hydrogen-bond acceptors (Lipinski definition) is 3. The predicted octanol–water partition coefficient (Wildman–Crippen LogP) is 3.39. The summed E-state index contributed by atoms with van der Waals surface area (Å²) in [7, 11) is 0. The molecule has 1 rings (SSSR count). The van der Waals surface area contributed by atoms with Gasteiger partial charge < -0.3 is 9.84 Å². The monoisotopic (exact) mass is 307 g/mol. The van der Waals surface area contributed by atoms with E-state index in [1.165, 1.54) is 0 Å². The molecule has 90 valence electrons. The van der Waals surface area contributed by atoms with Crippen LogP contribution in [0.5, 0.6) is 11.5 Å². The molecule has 0 aliphatic carbocycles. The summed E-state index contributed by atoms with van der Waals surface area (Å²) in [6, 6.07) is 0.409. The van der Waals surface area contributed by atoms with E-state index < -0.39 is 34.6 Å². The number of pyridine rings is 1. The van der Waals surface area contributed by atoms with Crippen LogP contribution in [0, 0.1) is 0 Å². The Labute approximate surface area is 94.0 Å². The van der Waals surface area contributed by atoms with Gasteiger partial charge in [-0.15, -0.1) is 13.2 Å². The average Bonchev–Trinajstić information content (AvgIpc) is 2.07. The Hall–Kier alpha value is -1.12. The van der Waals surface area contributed by atoms with Crippen LogP contribution in [-0.2, 0) is 0 Å². The number of aromatic nitrogens is 1. The van der Waals surface area contributed by atoms with Crippen LogP contribution in [0.2, 0.25) is 0 Å². The standard InChI is InChI=1S/C7H3BrF5NO2/c8-5-3(16-7(11,12)13)1-2(15)4(14-5)6(9)10/h1,6,15H. The Balaban J connectivity index is 3.11. The quantitative estimate of drug-likeness (QED) is 0.673. The van der Waals surface area contributed by atoms with Crippen LogP contribution < -0.4 is 4.74 Å². The highest BCUT2D eigenvalue weighted by Gasteiger charge is 2.33. The molecule has 0 spiro atoms. The predicted molar refractivity (Wildman–Crippen MR) is 45.2 cm³/mol. The normalized spacial score (nSPS) is 11.9.